The summed E-state index contributed by atoms with van der Waals surface area (Å²) in [5.41, 5.74) is 2.14. The number of sulfonamides is 1. The molecule has 1 fully saturated rings. The van der Waals surface area contributed by atoms with Crippen LogP contribution in [0.1, 0.15) is 68.2 Å². The molecule has 2 aliphatic carbocycles. The summed E-state index contributed by atoms with van der Waals surface area (Å²) in [6.45, 7) is 4.20. The highest BCUT2D eigenvalue weighted by Crippen LogP contribution is 2.42. The summed E-state index contributed by atoms with van der Waals surface area (Å²) >= 11 is 5.43. The number of nitrogens with one attached hydrogen (secondary N) is 3. The van der Waals surface area contributed by atoms with Gasteiger partial charge in [-0.25, -0.2) is 26.9 Å². The van der Waals surface area contributed by atoms with Crippen LogP contribution in [0.15, 0.2) is 21.4 Å². The minimum absolute atomic E-state index is 0.139. The van der Waals surface area contributed by atoms with E-state index in [2.05, 4.69) is 25.4 Å². The standard InChI is InChI=1S/C24H30F2N6O3S2/c1-12(2)11-27-37(33,34)21-16-9-15(28-24(36)29-19-10-17(22(25)26)31-32(19)3)7-6-14(16)8-18-20(21)30-23(35-18)13-4-5-13/h8,10,12-13,15,22,27H,4-7,9,11H2,1-3H3,(H2,28,29,36). The highest BCUT2D eigenvalue weighted by atomic mass is 32.2. The predicted octanol–water partition coefficient (Wildman–Crippen LogP) is 4.15. The zero-order chi connectivity index (χ0) is 26.5. The molecule has 1 unspecified atom stereocenters. The van der Waals surface area contributed by atoms with E-state index in [1.807, 2.05) is 19.9 Å². The van der Waals surface area contributed by atoms with Crippen LogP contribution < -0.4 is 15.4 Å². The zero-order valence-corrected chi connectivity index (χ0v) is 22.5. The van der Waals surface area contributed by atoms with Crippen molar-refractivity contribution in [3.05, 3.63) is 34.8 Å². The van der Waals surface area contributed by atoms with E-state index in [1.54, 1.807) is 7.05 Å². The van der Waals surface area contributed by atoms with Gasteiger partial charge in [0, 0.05) is 31.6 Å². The lowest BCUT2D eigenvalue weighted by Gasteiger charge is -2.28. The summed E-state index contributed by atoms with van der Waals surface area (Å²) in [5, 5.41) is 10.2. The van der Waals surface area contributed by atoms with Crippen LogP contribution in [0.5, 0.6) is 0 Å². The van der Waals surface area contributed by atoms with E-state index >= 15 is 0 Å². The van der Waals surface area contributed by atoms with Gasteiger partial charge in [-0.2, -0.15) is 5.10 Å². The van der Waals surface area contributed by atoms with E-state index in [4.69, 9.17) is 16.6 Å². The Labute approximate surface area is 219 Å². The first-order valence-electron chi connectivity index (χ1n) is 12.4. The molecular weight excluding hydrogens is 522 g/mol. The molecule has 0 radical (unpaired) electrons. The smallest absolute Gasteiger partial charge is 0.282 e. The highest BCUT2D eigenvalue weighted by molar-refractivity contribution is 7.89. The molecule has 2 heterocycles. The first-order chi connectivity index (χ1) is 17.5. The molecule has 1 aromatic carbocycles. The molecule has 37 heavy (non-hydrogen) atoms. The van der Waals surface area contributed by atoms with Gasteiger partial charge in [-0.3, -0.25) is 4.68 Å². The lowest BCUT2D eigenvalue weighted by Crippen LogP contribution is -2.42. The third-order valence-electron chi connectivity index (χ3n) is 6.64. The Morgan fingerprint density at radius 2 is 2.03 bits per heavy atom. The van der Waals surface area contributed by atoms with Gasteiger partial charge in [-0.05, 0) is 67.4 Å². The average molecular weight is 553 g/mol. The highest BCUT2D eigenvalue weighted by Gasteiger charge is 2.34. The number of aromatic nitrogens is 3. The van der Waals surface area contributed by atoms with Gasteiger partial charge in [-0.1, -0.05) is 13.8 Å². The number of halogens is 2. The number of hydrogen-bond acceptors (Lipinski definition) is 6. The van der Waals surface area contributed by atoms with Gasteiger partial charge < -0.3 is 15.1 Å². The van der Waals surface area contributed by atoms with Gasteiger partial charge in [0.1, 0.15) is 21.9 Å². The van der Waals surface area contributed by atoms with Crippen LogP contribution in [-0.2, 0) is 29.9 Å². The van der Waals surface area contributed by atoms with Crippen molar-refractivity contribution in [3.8, 4) is 0 Å². The number of hydrogen-bond donors (Lipinski definition) is 3. The third kappa shape index (κ3) is 5.48. The molecule has 5 rings (SSSR count). The molecule has 1 atom stereocenters. The molecule has 0 aliphatic heterocycles. The summed E-state index contributed by atoms with van der Waals surface area (Å²) in [6.07, 6.45) is 1.04. The molecule has 2 aromatic heterocycles. The second kappa shape index (κ2) is 9.91. The monoisotopic (exact) mass is 552 g/mol. The van der Waals surface area contributed by atoms with Crippen molar-refractivity contribution in [2.75, 3.05) is 11.9 Å². The van der Waals surface area contributed by atoms with Crippen LogP contribution in [-0.4, -0.2) is 40.9 Å². The molecule has 13 heteroatoms. The number of oxazole rings is 1. The summed E-state index contributed by atoms with van der Waals surface area (Å²) < 4.78 is 63.1. The van der Waals surface area contributed by atoms with Gasteiger partial charge in [0.2, 0.25) is 10.0 Å². The topological polar surface area (TPSA) is 114 Å². The van der Waals surface area contributed by atoms with Crippen molar-refractivity contribution in [1.29, 1.82) is 0 Å². The number of benzene rings is 1. The fourth-order valence-electron chi connectivity index (χ4n) is 4.59. The first kappa shape index (κ1) is 26.0. The Bertz CT molecular complexity index is 1450. The molecule has 0 spiro atoms. The molecular formula is C24H30F2N6O3S2. The molecule has 0 amide bonds. The number of aryl methyl sites for hydroxylation is 2. The van der Waals surface area contributed by atoms with E-state index in [1.165, 1.54) is 10.7 Å². The van der Waals surface area contributed by atoms with Crippen LogP contribution in [0.4, 0.5) is 14.6 Å². The lowest BCUT2D eigenvalue weighted by molar-refractivity contribution is 0.145. The fraction of sp³-hybridized carbons (Fsp3) is 0.542. The minimum Gasteiger partial charge on any atom is -0.440 e. The second-order valence-electron chi connectivity index (χ2n) is 10.2. The van der Waals surface area contributed by atoms with Crippen molar-refractivity contribution < 1.29 is 21.6 Å². The number of fused-ring (bicyclic) bond motifs is 2. The van der Waals surface area contributed by atoms with Gasteiger partial charge >= 0.3 is 0 Å². The normalized spacial score (nSPS) is 18.0. The minimum atomic E-state index is -3.86. The van der Waals surface area contributed by atoms with E-state index in [0.717, 1.165) is 18.4 Å². The number of anilines is 1. The third-order valence-corrected chi connectivity index (χ3v) is 8.38. The van der Waals surface area contributed by atoms with Crippen molar-refractivity contribution >= 4 is 44.3 Å². The summed E-state index contributed by atoms with van der Waals surface area (Å²) in [6, 6.07) is 3.00. The average Bonchev–Trinajstić information content (AvgIpc) is 3.49. The van der Waals surface area contributed by atoms with Gasteiger partial charge in [0.05, 0.1) is 0 Å². The van der Waals surface area contributed by atoms with Crippen LogP contribution in [0, 0.1) is 5.92 Å². The Hall–Kier alpha value is -2.64. The van der Waals surface area contributed by atoms with E-state index in [9.17, 15) is 17.2 Å². The van der Waals surface area contributed by atoms with Gasteiger partial charge in [0.15, 0.2) is 16.6 Å². The maximum atomic E-state index is 13.6. The van der Waals surface area contributed by atoms with Crippen molar-refractivity contribution in [2.24, 2.45) is 13.0 Å². The largest absolute Gasteiger partial charge is 0.440 e. The fourth-order valence-corrected chi connectivity index (χ4v) is 6.49. The molecule has 3 aromatic rings. The van der Waals surface area contributed by atoms with E-state index < -0.39 is 16.4 Å². The quantitative estimate of drug-likeness (QED) is 0.357. The summed E-state index contributed by atoms with van der Waals surface area (Å²) in [5.74, 6) is 1.32. The Balaban J connectivity index is 1.43. The summed E-state index contributed by atoms with van der Waals surface area (Å²) in [4.78, 5) is 4.80. The SMILES string of the molecule is CC(C)CNS(=O)(=O)c1c2c(cc3oc(C4CC4)nc13)CCC(NC(=S)Nc1cc(C(F)F)nn1C)C2. The Kier molecular flexibility index (Phi) is 6.96. The maximum absolute atomic E-state index is 13.6. The van der Waals surface area contributed by atoms with Crippen molar-refractivity contribution in [1.82, 2.24) is 24.8 Å². The Morgan fingerprint density at radius 3 is 2.68 bits per heavy atom. The van der Waals surface area contributed by atoms with Crippen LogP contribution in [0.2, 0.25) is 0 Å². The van der Waals surface area contributed by atoms with E-state index in [-0.39, 0.29) is 33.6 Å². The first-order valence-corrected chi connectivity index (χ1v) is 14.3. The lowest BCUT2D eigenvalue weighted by atomic mass is 9.88. The molecule has 0 bridgehead atoms. The number of alkyl halides is 2. The Morgan fingerprint density at radius 1 is 1.27 bits per heavy atom. The van der Waals surface area contributed by atoms with Crippen molar-refractivity contribution in [3.63, 3.8) is 0 Å². The number of thiocarbonyl (C=S) groups is 1. The maximum Gasteiger partial charge on any atom is 0.282 e. The molecule has 9 nitrogen and oxygen atoms in total. The molecule has 200 valence electrons. The molecule has 0 saturated heterocycles. The molecule has 1 saturated carbocycles. The van der Waals surface area contributed by atoms with Crippen molar-refractivity contribution in [2.45, 2.75) is 69.2 Å². The molecule has 3 N–H and O–H groups in total. The van der Waals surface area contributed by atoms with Crippen LogP contribution >= 0.6 is 12.2 Å². The van der Waals surface area contributed by atoms with Gasteiger partial charge in [-0.15, -0.1) is 0 Å². The van der Waals surface area contributed by atoms with Crippen LogP contribution in [0.3, 0.4) is 0 Å². The predicted molar refractivity (Wildman–Crippen MR) is 139 cm³/mol. The number of nitrogens with zero attached hydrogens (tertiary/aromatic N) is 3. The second-order valence-corrected chi connectivity index (χ2v) is 12.3. The number of rotatable bonds is 8. The zero-order valence-electron chi connectivity index (χ0n) is 20.8. The van der Waals surface area contributed by atoms with Crippen LogP contribution in [0.25, 0.3) is 11.1 Å². The summed E-state index contributed by atoms with van der Waals surface area (Å²) in [7, 11) is -2.31. The molecule has 2 aliphatic rings. The van der Waals surface area contributed by atoms with E-state index in [0.29, 0.717) is 54.2 Å². The van der Waals surface area contributed by atoms with Gasteiger partial charge in [0.25, 0.3) is 6.43 Å².